The van der Waals surface area contributed by atoms with Crippen LogP contribution in [0.2, 0.25) is 10.0 Å². The monoisotopic (exact) mass is 357 g/mol. The molecule has 6 heteroatoms. The van der Waals surface area contributed by atoms with Crippen LogP contribution in [0.5, 0.6) is 0 Å². The van der Waals surface area contributed by atoms with Crippen LogP contribution in [-0.4, -0.2) is 10.9 Å². The number of amides is 1. The lowest BCUT2D eigenvalue weighted by molar-refractivity contribution is 0.102. The van der Waals surface area contributed by atoms with E-state index in [-0.39, 0.29) is 5.91 Å². The SMILES string of the molecule is O=C(Nc1ccccc1Cl)c1ccnc(Nc2ccc(Cl)cc2)c1. The topological polar surface area (TPSA) is 54.0 Å². The molecule has 2 aromatic carbocycles. The zero-order valence-corrected chi connectivity index (χ0v) is 14.0. The molecule has 0 aliphatic carbocycles. The molecule has 0 radical (unpaired) electrons. The molecule has 0 saturated heterocycles. The van der Waals surface area contributed by atoms with Crippen molar-refractivity contribution in [3.05, 3.63) is 82.5 Å². The van der Waals surface area contributed by atoms with E-state index in [2.05, 4.69) is 15.6 Å². The van der Waals surface area contributed by atoms with Crippen molar-refractivity contribution in [1.82, 2.24) is 4.98 Å². The Kier molecular flexibility index (Phi) is 4.99. The molecule has 0 atom stereocenters. The van der Waals surface area contributed by atoms with Gasteiger partial charge in [0.05, 0.1) is 10.7 Å². The van der Waals surface area contributed by atoms with Gasteiger partial charge < -0.3 is 10.6 Å². The highest BCUT2D eigenvalue weighted by Gasteiger charge is 2.09. The average Bonchev–Trinajstić information content (AvgIpc) is 2.59. The van der Waals surface area contributed by atoms with Crippen molar-refractivity contribution in [2.45, 2.75) is 0 Å². The number of pyridine rings is 1. The van der Waals surface area contributed by atoms with Crippen molar-refractivity contribution in [2.75, 3.05) is 10.6 Å². The quantitative estimate of drug-likeness (QED) is 0.658. The lowest BCUT2D eigenvalue weighted by Crippen LogP contribution is -2.12. The van der Waals surface area contributed by atoms with E-state index in [0.29, 0.717) is 27.1 Å². The summed E-state index contributed by atoms with van der Waals surface area (Å²) < 4.78 is 0. The fourth-order valence-corrected chi connectivity index (χ4v) is 2.39. The maximum absolute atomic E-state index is 12.4. The zero-order valence-electron chi connectivity index (χ0n) is 12.5. The van der Waals surface area contributed by atoms with Crippen molar-refractivity contribution in [3.8, 4) is 0 Å². The number of aromatic nitrogens is 1. The summed E-state index contributed by atoms with van der Waals surface area (Å²) in [6, 6.07) is 17.6. The smallest absolute Gasteiger partial charge is 0.255 e. The van der Waals surface area contributed by atoms with E-state index in [1.807, 2.05) is 18.2 Å². The van der Waals surface area contributed by atoms with Crippen LogP contribution in [0.15, 0.2) is 66.9 Å². The van der Waals surface area contributed by atoms with Crippen LogP contribution >= 0.6 is 23.2 Å². The molecular formula is C18H13Cl2N3O. The fourth-order valence-electron chi connectivity index (χ4n) is 2.08. The Balaban J connectivity index is 1.76. The molecule has 0 spiro atoms. The van der Waals surface area contributed by atoms with Crippen molar-refractivity contribution >= 4 is 46.3 Å². The van der Waals surface area contributed by atoms with Crippen molar-refractivity contribution in [3.63, 3.8) is 0 Å². The van der Waals surface area contributed by atoms with Gasteiger partial charge >= 0.3 is 0 Å². The van der Waals surface area contributed by atoms with Crippen LogP contribution < -0.4 is 10.6 Å². The minimum atomic E-state index is -0.260. The highest BCUT2D eigenvalue weighted by atomic mass is 35.5. The number of benzene rings is 2. The maximum atomic E-state index is 12.4. The summed E-state index contributed by atoms with van der Waals surface area (Å²) in [7, 11) is 0. The molecule has 4 nitrogen and oxygen atoms in total. The van der Waals surface area contributed by atoms with Gasteiger partial charge in [-0.25, -0.2) is 4.98 Å². The summed E-state index contributed by atoms with van der Waals surface area (Å²) in [4.78, 5) is 16.6. The largest absolute Gasteiger partial charge is 0.340 e. The molecular weight excluding hydrogens is 345 g/mol. The number of rotatable bonds is 4. The first-order chi connectivity index (χ1) is 11.6. The Morgan fingerprint density at radius 1 is 0.958 bits per heavy atom. The first-order valence-electron chi connectivity index (χ1n) is 7.16. The molecule has 0 unspecified atom stereocenters. The summed E-state index contributed by atoms with van der Waals surface area (Å²) in [6.45, 7) is 0. The van der Waals surface area contributed by atoms with E-state index in [9.17, 15) is 4.79 Å². The molecule has 24 heavy (non-hydrogen) atoms. The summed E-state index contributed by atoms with van der Waals surface area (Å²) >= 11 is 11.9. The standard InChI is InChI=1S/C18H13Cl2N3O/c19-13-5-7-14(8-6-13)22-17-11-12(9-10-21-17)18(24)23-16-4-2-1-3-15(16)20/h1-11H,(H,21,22)(H,23,24). The Morgan fingerprint density at radius 3 is 2.46 bits per heavy atom. The highest BCUT2D eigenvalue weighted by Crippen LogP contribution is 2.22. The Bertz CT molecular complexity index is 866. The number of anilines is 3. The van der Waals surface area contributed by atoms with Gasteiger partial charge in [0.25, 0.3) is 5.91 Å². The molecule has 0 saturated carbocycles. The Hall–Kier alpha value is -2.56. The Labute approximate surface area is 149 Å². The second-order valence-electron chi connectivity index (χ2n) is 5.00. The van der Waals surface area contributed by atoms with E-state index >= 15 is 0 Å². The number of nitrogens with one attached hydrogen (secondary N) is 2. The minimum Gasteiger partial charge on any atom is -0.340 e. The predicted octanol–water partition coefficient (Wildman–Crippen LogP) is 5.38. The zero-order chi connectivity index (χ0) is 16.9. The van der Waals surface area contributed by atoms with Crippen molar-refractivity contribution in [2.24, 2.45) is 0 Å². The molecule has 1 heterocycles. The second kappa shape index (κ2) is 7.34. The van der Waals surface area contributed by atoms with Gasteiger partial charge in [0.15, 0.2) is 0 Å². The van der Waals surface area contributed by atoms with E-state index in [4.69, 9.17) is 23.2 Å². The molecule has 0 bridgehead atoms. The third-order valence-corrected chi connectivity index (χ3v) is 3.84. The molecule has 0 aliphatic heterocycles. The van der Waals surface area contributed by atoms with Crippen LogP contribution in [0.3, 0.4) is 0 Å². The number of para-hydroxylation sites is 1. The van der Waals surface area contributed by atoms with Crippen LogP contribution in [-0.2, 0) is 0 Å². The molecule has 0 aliphatic rings. The van der Waals surface area contributed by atoms with Gasteiger partial charge in [-0.2, -0.15) is 0 Å². The van der Waals surface area contributed by atoms with Gasteiger partial charge in [0.2, 0.25) is 0 Å². The lowest BCUT2D eigenvalue weighted by Gasteiger charge is -2.09. The van der Waals surface area contributed by atoms with Crippen LogP contribution in [0.1, 0.15) is 10.4 Å². The van der Waals surface area contributed by atoms with Gasteiger partial charge in [0.1, 0.15) is 5.82 Å². The summed E-state index contributed by atoms with van der Waals surface area (Å²) in [6.07, 6.45) is 1.57. The van der Waals surface area contributed by atoms with Crippen molar-refractivity contribution in [1.29, 1.82) is 0 Å². The van der Waals surface area contributed by atoms with Crippen LogP contribution in [0, 0.1) is 0 Å². The van der Waals surface area contributed by atoms with Crippen molar-refractivity contribution < 1.29 is 4.79 Å². The molecule has 120 valence electrons. The summed E-state index contributed by atoms with van der Waals surface area (Å²) in [5.74, 6) is 0.300. The number of nitrogens with zero attached hydrogens (tertiary/aromatic N) is 1. The maximum Gasteiger partial charge on any atom is 0.255 e. The molecule has 2 N–H and O–H groups in total. The average molecular weight is 358 g/mol. The van der Waals surface area contributed by atoms with Gasteiger partial charge in [-0.3, -0.25) is 4.79 Å². The third kappa shape index (κ3) is 4.04. The summed E-state index contributed by atoms with van der Waals surface area (Å²) in [5, 5.41) is 7.05. The highest BCUT2D eigenvalue weighted by molar-refractivity contribution is 6.33. The molecule has 1 aromatic heterocycles. The second-order valence-corrected chi connectivity index (χ2v) is 5.84. The normalized spacial score (nSPS) is 10.2. The first kappa shape index (κ1) is 16.3. The van der Waals surface area contributed by atoms with Crippen LogP contribution in [0.4, 0.5) is 17.2 Å². The van der Waals surface area contributed by atoms with Gasteiger partial charge in [-0.15, -0.1) is 0 Å². The van der Waals surface area contributed by atoms with Gasteiger partial charge in [-0.1, -0.05) is 35.3 Å². The number of halogens is 2. The molecule has 1 amide bonds. The fraction of sp³-hybridized carbons (Fsp3) is 0. The third-order valence-electron chi connectivity index (χ3n) is 3.26. The van der Waals surface area contributed by atoms with Gasteiger partial charge in [0, 0.05) is 22.5 Å². The molecule has 3 rings (SSSR count). The minimum absolute atomic E-state index is 0.260. The first-order valence-corrected chi connectivity index (χ1v) is 7.92. The number of carbonyl (C=O) groups is 1. The van der Waals surface area contributed by atoms with E-state index in [1.54, 1.807) is 48.7 Å². The lowest BCUT2D eigenvalue weighted by atomic mass is 10.2. The van der Waals surface area contributed by atoms with E-state index in [1.165, 1.54) is 0 Å². The van der Waals surface area contributed by atoms with Crippen LogP contribution in [0.25, 0.3) is 0 Å². The predicted molar refractivity (Wildman–Crippen MR) is 98.4 cm³/mol. The molecule has 0 fully saturated rings. The number of carbonyl (C=O) groups excluding carboxylic acids is 1. The molecule has 3 aromatic rings. The van der Waals surface area contributed by atoms with Gasteiger partial charge in [-0.05, 0) is 48.5 Å². The number of hydrogen-bond acceptors (Lipinski definition) is 3. The summed E-state index contributed by atoms with van der Waals surface area (Å²) in [5.41, 5.74) is 1.87. The number of hydrogen-bond donors (Lipinski definition) is 2. The van der Waals surface area contributed by atoms with E-state index < -0.39 is 0 Å². The Morgan fingerprint density at radius 2 is 1.71 bits per heavy atom. The van der Waals surface area contributed by atoms with E-state index in [0.717, 1.165) is 5.69 Å².